The second kappa shape index (κ2) is 14.2. The van der Waals surface area contributed by atoms with Crippen molar-refractivity contribution in [2.75, 3.05) is 11.8 Å². The third-order valence-corrected chi connectivity index (χ3v) is 5.18. The number of benzene rings is 2. The number of carbonyl (C=O) groups excluding carboxylic acids is 1. The maximum Gasteiger partial charge on any atom is 0.190 e. The second-order valence-electron chi connectivity index (χ2n) is 6.37. The summed E-state index contributed by atoms with van der Waals surface area (Å²) < 4.78 is 3.24. The van der Waals surface area contributed by atoms with Crippen LogP contribution < -0.4 is 15.8 Å². The van der Waals surface area contributed by atoms with Gasteiger partial charge in [0.2, 0.25) is 0 Å². The molecule has 0 saturated carbocycles. The topological polar surface area (TPSA) is 67.2 Å². The molecule has 0 saturated heterocycles. The summed E-state index contributed by atoms with van der Waals surface area (Å²) in [5.74, 6) is -0.0456. The van der Waals surface area contributed by atoms with Crippen molar-refractivity contribution >= 4 is 40.7 Å². The summed E-state index contributed by atoms with van der Waals surface area (Å²) in [7, 11) is 1.88. The summed E-state index contributed by atoms with van der Waals surface area (Å²) in [4.78, 5) is 13.5. The van der Waals surface area contributed by atoms with Gasteiger partial charge in [0.15, 0.2) is 5.78 Å². The molecule has 2 rings (SSSR count). The Hall–Kier alpha value is -2.89. The molecule has 0 aromatic heterocycles. The molecule has 0 unspecified atom stereocenters. The summed E-state index contributed by atoms with van der Waals surface area (Å²) in [6.45, 7) is 9.24. The molecule has 0 amide bonds. The standard InChI is InChI=1S/C21H21ClN2OS.C4H9N/c1-4-6-19(23)15-7-10-17(11-8-15)26-24-20-12-9-16(22)13-18(20)21(25)14(3)5-2;1-3-4-5-2/h4-13,24H,1,23H2,2-3H3;3-5H,1-2H3/b14-5+,19-6-;4-3-. The van der Waals surface area contributed by atoms with Crippen LogP contribution in [-0.2, 0) is 0 Å². The molecule has 0 atom stereocenters. The zero-order chi connectivity index (χ0) is 23.2. The van der Waals surface area contributed by atoms with Crippen LogP contribution in [0.1, 0.15) is 36.7 Å². The average Bonchev–Trinajstić information content (AvgIpc) is 2.78. The molecular weight excluding hydrogens is 426 g/mol. The van der Waals surface area contributed by atoms with Crippen molar-refractivity contribution in [3.05, 3.63) is 101 Å². The van der Waals surface area contributed by atoms with Gasteiger partial charge < -0.3 is 15.8 Å². The minimum Gasteiger partial charge on any atom is -0.398 e. The Balaban J connectivity index is 0.000000861. The summed E-state index contributed by atoms with van der Waals surface area (Å²) in [6.07, 6.45) is 9.03. The number of Topliss-reactive ketones (excluding diaryl/α,β-unsaturated/α-hetero) is 1. The lowest BCUT2D eigenvalue weighted by Gasteiger charge is -2.12. The zero-order valence-electron chi connectivity index (χ0n) is 18.4. The number of nitrogens with two attached hydrogens (primary N) is 1. The van der Waals surface area contributed by atoms with E-state index in [1.165, 1.54) is 11.9 Å². The van der Waals surface area contributed by atoms with Gasteiger partial charge in [0, 0.05) is 28.2 Å². The maximum atomic E-state index is 12.5. The highest BCUT2D eigenvalue weighted by molar-refractivity contribution is 8.00. The van der Waals surface area contributed by atoms with E-state index in [1.54, 1.807) is 37.3 Å². The van der Waals surface area contributed by atoms with Crippen LogP contribution in [0.2, 0.25) is 5.02 Å². The van der Waals surface area contributed by atoms with E-state index in [0.29, 0.717) is 21.9 Å². The molecule has 2 aromatic rings. The van der Waals surface area contributed by atoms with Gasteiger partial charge in [-0.25, -0.2) is 0 Å². The molecule has 0 aliphatic rings. The van der Waals surface area contributed by atoms with Gasteiger partial charge in [0.05, 0.1) is 5.69 Å². The molecule has 4 nitrogen and oxygen atoms in total. The first-order valence-corrected chi connectivity index (χ1v) is 10.9. The number of hydrogen-bond acceptors (Lipinski definition) is 5. The van der Waals surface area contributed by atoms with Gasteiger partial charge in [0.1, 0.15) is 0 Å². The smallest absolute Gasteiger partial charge is 0.190 e. The van der Waals surface area contributed by atoms with E-state index >= 15 is 0 Å². The molecule has 0 spiro atoms. The van der Waals surface area contributed by atoms with Gasteiger partial charge >= 0.3 is 0 Å². The van der Waals surface area contributed by atoms with Gasteiger partial charge in [-0.2, -0.15) is 0 Å². The fourth-order valence-corrected chi connectivity index (χ4v) is 3.21. The third-order valence-electron chi connectivity index (χ3n) is 4.11. The Labute approximate surface area is 195 Å². The number of allylic oxidation sites excluding steroid dienone is 5. The Morgan fingerprint density at radius 3 is 2.35 bits per heavy atom. The molecule has 4 N–H and O–H groups in total. The number of rotatable bonds is 8. The lowest BCUT2D eigenvalue weighted by Crippen LogP contribution is -2.04. The van der Waals surface area contributed by atoms with E-state index in [2.05, 4.69) is 16.6 Å². The number of halogens is 1. The lowest BCUT2D eigenvalue weighted by molar-refractivity contribution is 0.103. The number of carbonyl (C=O) groups is 1. The summed E-state index contributed by atoms with van der Waals surface area (Å²) >= 11 is 7.49. The van der Waals surface area contributed by atoms with Crippen LogP contribution >= 0.6 is 23.5 Å². The normalized spacial score (nSPS) is 11.5. The van der Waals surface area contributed by atoms with Gasteiger partial charge in [0.25, 0.3) is 0 Å². The van der Waals surface area contributed by atoms with Gasteiger partial charge in [-0.3, -0.25) is 4.79 Å². The predicted molar refractivity (Wildman–Crippen MR) is 137 cm³/mol. The van der Waals surface area contributed by atoms with Crippen molar-refractivity contribution in [1.29, 1.82) is 0 Å². The Morgan fingerprint density at radius 2 is 1.84 bits per heavy atom. The molecule has 0 fully saturated rings. The molecule has 0 radical (unpaired) electrons. The van der Waals surface area contributed by atoms with Crippen LogP contribution in [0.15, 0.2) is 90.0 Å². The van der Waals surface area contributed by atoms with Crippen molar-refractivity contribution < 1.29 is 4.79 Å². The first kappa shape index (κ1) is 26.1. The molecule has 0 aliphatic carbocycles. The maximum absolute atomic E-state index is 12.5. The highest BCUT2D eigenvalue weighted by Gasteiger charge is 2.14. The third kappa shape index (κ3) is 8.79. The van der Waals surface area contributed by atoms with Crippen molar-refractivity contribution in [2.24, 2.45) is 5.73 Å². The van der Waals surface area contributed by atoms with E-state index < -0.39 is 0 Å². The van der Waals surface area contributed by atoms with Crippen LogP contribution in [0.4, 0.5) is 5.69 Å². The minimum atomic E-state index is -0.0456. The van der Waals surface area contributed by atoms with E-state index in [0.717, 1.165) is 16.1 Å². The Kier molecular flexibility index (Phi) is 12.0. The molecule has 0 heterocycles. The zero-order valence-corrected chi connectivity index (χ0v) is 20.0. The molecule has 6 heteroatoms. The average molecular weight is 456 g/mol. The quantitative estimate of drug-likeness (QED) is 0.176. The number of nitrogens with one attached hydrogen (secondary N) is 2. The summed E-state index contributed by atoms with van der Waals surface area (Å²) in [5.41, 5.74) is 9.49. The van der Waals surface area contributed by atoms with Crippen LogP contribution in [0.5, 0.6) is 0 Å². The first-order valence-electron chi connectivity index (χ1n) is 9.75. The summed E-state index contributed by atoms with van der Waals surface area (Å²) in [5, 5.41) is 3.37. The molecule has 164 valence electrons. The lowest BCUT2D eigenvalue weighted by atomic mass is 10.0. The fourth-order valence-electron chi connectivity index (χ4n) is 2.36. The highest BCUT2D eigenvalue weighted by atomic mass is 35.5. The Bertz CT molecular complexity index is 963. The number of hydrogen-bond donors (Lipinski definition) is 3. The Morgan fingerprint density at radius 1 is 1.16 bits per heavy atom. The van der Waals surface area contributed by atoms with Crippen LogP contribution in [0, 0.1) is 0 Å². The van der Waals surface area contributed by atoms with Gasteiger partial charge in [-0.15, -0.1) is 0 Å². The molecular formula is C25H30ClN3OS. The van der Waals surface area contributed by atoms with E-state index in [1.807, 2.05) is 63.5 Å². The largest absolute Gasteiger partial charge is 0.398 e. The van der Waals surface area contributed by atoms with Crippen molar-refractivity contribution in [3.63, 3.8) is 0 Å². The van der Waals surface area contributed by atoms with Crippen LogP contribution in [0.3, 0.4) is 0 Å². The van der Waals surface area contributed by atoms with E-state index in [9.17, 15) is 4.79 Å². The molecule has 31 heavy (non-hydrogen) atoms. The monoisotopic (exact) mass is 455 g/mol. The molecule has 0 bridgehead atoms. The summed E-state index contributed by atoms with van der Waals surface area (Å²) in [6, 6.07) is 13.1. The van der Waals surface area contributed by atoms with E-state index in [-0.39, 0.29) is 5.78 Å². The van der Waals surface area contributed by atoms with Crippen LogP contribution in [0.25, 0.3) is 5.70 Å². The highest BCUT2D eigenvalue weighted by Crippen LogP contribution is 2.28. The second-order valence-corrected chi connectivity index (χ2v) is 7.68. The first-order chi connectivity index (χ1) is 14.9. The molecule has 2 aromatic carbocycles. The SMILES string of the molecule is C/C=C\NC.C=C/C=C(\N)c1ccc(SNc2ccc(Cl)cc2C(=O)/C(C)=C/C)cc1. The van der Waals surface area contributed by atoms with E-state index in [4.69, 9.17) is 17.3 Å². The number of anilines is 1. The van der Waals surface area contributed by atoms with Crippen LogP contribution in [-0.4, -0.2) is 12.8 Å². The van der Waals surface area contributed by atoms with Gasteiger partial charge in [-0.1, -0.05) is 48.5 Å². The van der Waals surface area contributed by atoms with Crippen molar-refractivity contribution in [3.8, 4) is 0 Å². The predicted octanol–water partition coefficient (Wildman–Crippen LogP) is 6.83. The number of ketones is 1. The minimum absolute atomic E-state index is 0.0456. The molecule has 0 aliphatic heterocycles. The van der Waals surface area contributed by atoms with Crippen molar-refractivity contribution in [1.82, 2.24) is 5.32 Å². The van der Waals surface area contributed by atoms with Gasteiger partial charge in [-0.05, 0) is 86.5 Å². The fraction of sp³-hybridized carbons (Fsp3) is 0.160. The van der Waals surface area contributed by atoms with Crippen molar-refractivity contribution in [2.45, 2.75) is 25.7 Å².